The van der Waals surface area contributed by atoms with E-state index < -0.39 is 31.0 Å². The first-order valence-corrected chi connectivity index (χ1v) is 9.81. The number of para-hydroxylation sites is 1. The summed E-state index contributed by atoms with van der Waals surface area (Å²) in [4.78, 5) is 35.3. The molecule has 0 radical (unpaired) electrons. The molecule has 1 atom stereocenters. The second-order valence-electron chi connectivity index (χ2n) is 7.44. The van der Waals surface area contributed by atoms with E-state index in [4.69, 9.17) is 15.2 Å². The van der Waals surface area contributed by atoms with E-state index in [1.165, 1.54) is 17.7 Å². The van der Waals surface area contributed by atoms with Gasteiger partial charge in [0.1, 0.15) is 5.75 Å². The van der Waals surface area contributed by atoms with Crippen LogP contribution in [0.5, 0.6) is 5.75 Å². The standard InChI is InChI=1S/C23H28N2O5/c1-15(2)12-17-8-10-18(11-9-17)16(3)25-21(26)13-30-22(27)14-29-20-7-5-4-6-19(20)23(24)28/h4-11,15-16H,12-14H2,1-3H3,(H2,24,28)(H,25,26)/t16-/m1/s1. The molecular weight excluding hydrogens is 384 g/mol. The molecule has 2 aromatic rings. The second kappa shape index (κ2) is 11.0. The van der Waals surface area contributed by atoms with Gasteiger partial charge in [-0.05, 0) is 42.5 Å². The number of rotatable bonds is 10. The van der Waals surface area contributed by atoms with Crippen LogP contribution < -0.4 is 15.8 Å². The summed E-state index contributed by atoms with van der Waals surface area (Å²) in [5.41, 5.74) is 7.63. The van der Waals surface area contributed by atoms with Gasteiger partial charge in [0.2, 0.25) is 0 Å². The van der Waals surface area contributed by atoms with Crippen molar-refractivity contribution in [1.82, 2.24) is 5.32 Å². The SMILES string of the molecule is CC(C)Cc1ccc([C@@H](C)NC(=O)COC(=O)COc2ccccc2C(N)=O)cc1. The Bertz CT molecular complexity index is 877. The van der Waals surface area contributed by atoms with Gasteiger partial charge < -0.3 is 20.5 Å². The van der Waals surface area contributed by atoms with E-state index in [1.54, 1.807) is 12.1 Å². The number of nitrogens with one attached hydrogen (secondary N) is 1. The van der Waals surface area contributed by atoms with Gasteiger partial charge in [0, 0.05) is 0 Å². The lowest BCUT2D eigenvalue weighted by atomic mass is 10.00. The van der Waals surface area contributed by atoms with E-state index in [-0.39, 0.29) is 17.4 Å². The van der Waals surface area contributed by atoms with Crippen LogP contribution in [0.1, 0.15) is 48.3 Å². The molecule has 0 aliphatic heterocycles. The van der Waals surface area contributed by atoms with Crippen molar-refractivity contribution in [1.29, 1.82) is 0 Å². The number of amides is 2. The van der Waals surface area contributed by atoms with Crippen LogP contribution in [0.3, 0.4) is 0 Å². The number of hydrogen-bond acceptors (Lipinski definition) is 5. The fourth-order valence-electron chi connectivity index (χ4n) is 2.90. The van der Waals surface area contributed by atoms with Crippen molar-refractivity contribution in [2.45, 2.75) is 33.2 Å². The van der Waals surface area contributed by atoms with Crippen LogP contribution in [0.25, 0.3) is 0 Å². The van der Waals surface area contributed by atoms with E-state index in [0.29, 0.717) is 5.92 Å². The van der Waals surface area contributed by atoms with Crippen LogP contribution in [0.4, 0.5) is 0 Å². The third-order valence-electron chi connectivity index (χ3n) is 4.36. The normalized spacial score (nSPS) is 11.6. The lowest BCUT2D eigenvalue weighted by molar-refractivity contribution is -0.150. The third kappa shape index (κ3) is 7.24. The molecule has 3 N–H and O–H groups in total. The highest BCUT2D eigenvalue weighted by Gasteiger charge is 2.14. The van der Waals surface area contributed by atoms with Gasteiger partial charge in [0.25, 0.3) is 11.8 Å². The van der Waals surface area contributed by atoms with Crippen LogP contribution in [-0.4, -0.2) is 31.0 Å². The number of esters is 1. The maximum atomic E-state index is 12.1. The Morgan fingerprint density at radius 2 is 1.63 bits per heavy atom. The summed E-state index contributed by atoms with van der Waals surface area (Å²) in [5.74, 6) is -1.05. The van der Waals surface area contributed by atoms with Crippen LogP contribution in [0.15, 0.2) is 48.5 Å². The Hall–Kier alpha value is -3.35. The molecule has 0 aliphatic carbocycles. The first kappa shape index (κ1) is 22.9. The predicted molar refractivity (Wildman–Crippen MR) is 113 cm³/mol. The van der Waals surface area contributed by atoms with E-state index in [9.17, 15) is 14.4 Å². The summed E-state index contributed by atoms with van der Waals surface area (Å²) in [5, 5.41) is 2.79. The molecule has 0 aromatic heterocycles. The highest BCUT2D eigenvalue weighted by Crippen LogP contribution is 2.17. The van der Waals surface area contributed by atoms with Crippen molar-refractivity contribution < 1.29 is 23.9 Å². The Morgan fingerprint density at radius 3 is 2.27 bits per heavy atom. The molecule has 0 spiro atoms. The van der Waals surface area contributed by atoms with E-state index >= 15 is 0 Å². The second-order valence-corrected chi connectivity index (χ2v) is 7.44. The number of hydrogen-bond donors (Lipinski definition) is 2. The zero-order valence-electron chi connectivity index (χ0n) is 17.5. The van der Waals surface area contributed by atoms with Crippen molar-refractivity contribution in [2.24, 2.45) is 11.7 Å². The summed E-state index contributed by atoms with van der Waals surface area (Å²) >= 11 is 0. The summed E-state index contributed by atoms with van der Waals surface area (Å²) in [6.07, 6.45) is 1.00. The van der Waals surface area contributed by atoms with Crippen LogP contribution in [-0.2, 0) is 20.7 Å². The monoisotopic (exact) mass is 412 g/mol. The average Bonchev–Trinajstić information content (AvgIpc) is 2.70. The van der Waals surface area contributed by atoms with Crippen LogP contribution in [0.2, 0.25) is 0 Å². The molecule has 30 heavy (non-hydrogen) atoms. The van der Waals surface area contributed by atoms with Crippen molar-refractivity contribution in [3.8, 4) is 5.75 Å². The van der Waals surface area contributed by atoms with Gasteiger partial charge in [0.15, 0.2) is 13.2 Å². The number of ether oxygens (including phenoxy) is 2. The number of nitrogens with two attached hydrogens (primary N) is 1. The summed E-state index contributed by atoms with van der Waals surface area (Å²) < 4.78 is 10.2. The maximum Gasteiger partial charge on any atom is 0.344 e. The minimum absolute atomic E-state index is 0.163. The molecule has 0 saturated carbocycles. The fourth-order valence-corrected chi connectivity index (χ4v) is 2.90. The summed E-state index contributed by atoms with van der Waals surface area (Å²) in [6, 6.07) is 14.2. The van der Waals surface area contributed by atoms with Gasteiger partial charge >= 0.3 is 5.97 Å². The first-order valence-electron chi connectivity index (χ1n) is 9.81. The van der Waals surface area contributed by atoms with Gasteiger partial charge in [-0.15, -0.1) is 0 Å². The van der Waals surface area contributed by atoms with E-state index in [0.717, 1.165) is 12.0 Å². The summed E-state index contributed by atoms with van der Waals surface area (Å²) in [7, 11) is 0. The first-order chi connectivity index (χ1) is 14.3. The Labute approximate surface area is 176 Å². The molecule has 7 nitrogen and oxygen atoms in total. The smallest absolute Gasteiger partial charge is 0.344 e. The lowest BCUT2D eigenvalue weighted by Crippen LogP contribution is -2.32. The van der Waals surface area contributed by atoms with Gasteiger partial charge in [-0.2, -0.15) is 0 Å². The molecule has 2 aromatic carbocycles. The molecule has 160 valence electrons. The molecule has 0 saturated heterocycles. The van der Waals surface area contributed by atoms with Crippen molar-refractivity contribution in [3.63, 3.8) is 0 Å². The molecule has 0 fully saturated rings. The average molecular weight is 412 g/mol. The van der Waals surface area contributed by atoms with Crippen molar-refractivity contribution in [2.75, 3.05) is 13.2 Å². The van der Waals surface area contributed by atoms with Gasteiger partial charge in [0.05, 0.1) is 11.6 Å². The van der Waals surface area contributed by atoms with Crippen molar-refractivity contribution in [3.05, 3.63) is 65.2 Å². The molecular formula is C23H28N2O5. The van der Waals surface area contributed by atoms with Gasteiger partial charge in [-0.1, -0.05) is 50.2 Å². The minimum atomic E-state index is -0.727. The number of benzene rings is 2. The van der Waals surface area contributed by atoms with E-state index in [1.807, 2.05) is 19.1 Å². The molecule has 2 rings (SSSR count). The lowest BCUT2D eigenvalue weighted by Gasteiger charge is -2.15. The van der Waals surface area contributed by atoms with E-state index in [2.05, 4.69) is 31.3 Å². The highest BCUT2D eigenvalue weighted by molar-refractivity contribution is 5.95. The van der Waals surface area contributed by atoms with Crippen LogP contribution in [0, 0.1) is 5.92 Å². The fraction of sp³-hybridized carbons (Fsp3) is 0.348. The molecule has 2 amide bonds. The van der Waals surface area contributed by atoms with Crippen LogP contribution >= 0.6 is 0 Å². The highest BCUT2D eigenvalue weighted by atomic mass is 16.6. The zero-order valence-corrected chi connectivity index (χ0v) is 17.5. The molecule has 7 heteroatoms. The predicted octanol–water partition coefficient (Wildman–Crippen LogP) is 2.78. The number of carbonyl (C=O) groups is 3. The Kier molecular flexibility index (Phi) is 8.41. The third-order valence-corrected chi connectivity index (χ3v) is 4.36. The molecule has 0 unspecified atom stereocenters. The zero-order chi connectivity index (χ0) is 22.1. The molecule has 0 aliphatic rings. The Morgan fingerprint density at radius 1 is 0.967 bits per heavy atom. The molecule has 0 bridgehead atoms. The number of carbonyl (C=O) groups excluding carboxylic acids is 3. The Balaban J connectivity index is 1.77. The number of primary amides is 1. The minimum Gasteiger partial charge on any atom is -0.481 e. The van der Waals surface area contributed by atoms with Gasteiger partial charge in [-0.25, -0.2) is 4.79 Å². The quantitative estimate of drug-likeness (QED) is 0.584. The maximum absolute atomic E-state index is 12.1. The van der Waals surface area contributed by atoms with Gasteiger partial charge in [-0.3, -0.25) is 9.59 Å². The van der Waals surface area contributed by atoms with Crippen molar-refractivity contribution >= 4 is 17.8 Å². The summed E-state index contributed by atoms with van der Waals surface area (Å²) in [6.45, 7) is 5.33. The largest absolute Gasteiger partial charge is 0.481 e. The molecule has 0 heterocycles. The topological polar surface area (TPSA) is 108 Å².